The first-order valence-corrected chi connectivity index (χ1v) is 6.47. The SMILES string of the molecule is CCCCCC(C)NCc1cc(OC)n(C)n1. The molecule has 1 unspecified atom stereocenters. The molecule has 1 aromatic heterocycles. The fraction of sp³-hybridized carbons (Fsp3) is 0.769. The van der Waals surface area contributed by atoms with Gasteiger partial charge in [0.2, 0.25) is 5.88 Å². The van der Waals surface area contributed by atoms with Crippen LogP contribution in [-0.2, 0) is 13.6 Å². The van der Waals surface area contributed by atoms with Gasteiger partial charge in [-0.1, -0.05) is 26.2 Å². The summed E-state index contributed by atoms with van der Waals surface area (Å²) >= 11 is 0. The summed E-state index contributed by atoms with van der Waals surface area (Å²) in [5.41, 5.74) is 1.03. The number of ether oxygens (including phenoxy) is 1. The summed E-state index contributed by atoms with van der Waals surface area (Å²) in [6, 6.07) is 2.53. The van der Waals surface area contributed by atoms with Crippen LogP contribution in [0.25, 0.3) is 0 Å². The normalized spacial score (nSPS) is 12.7. The first-order valence-electron chi connectivity index (χ1n) is 6.47. The predicted octanol–water partition coefficient (Wildman–Crippen LogP) is 2.49. The first-order chi connectivity index (χ1) is 8.17. The maximum Gasteiger partial charge on any atom is 0.211 e. The molecule has 4 nitrogen and oxygen atoms in total. The molecular formula is C13H25N3O. The molecule has 0 aromatic carbocycles. The third-order valence-electron chi connectivity index (χ3n) is 2.97. The largest absolute Gasteiger partial charge is 0.481 e. The highest BCUT2D eigenvalue weighted by Gasteiger charge is 2.06. The van der Waals surface area contributed by atoms with E-state index >= 15 is 0 Å². The van der Waals surface area contributed by atoms with Crippen LogP contribution in [0.15, 0.2) is 6.07 Å². The van der Waals surface area contributed by atoms with Gasteiger partial charge in [0.1, 0.15) is 0 Å². The molecule has 17 heavy (non-hydrogen) atoms. The molecule has 1 rings (SSSR count). The Morgan fingerprint density at radius 1 is 1.47 bits per heavy atom. The van der Waals surface area contributed by atoms with Gasteiger partial charge in [-0.05, 0) is 13.3 Å². The highest BCUT2D eigenvalue weighted by atomic mass is 16.5. The molecule has 0 radical (unpaired) electrons. The summed E-state index contributed by atoms with van der Waals surface area (Å²) < 4.78 is 6.95. The molecule has 0 aliphatic heterocycles. The summed E-state index contributed by atoms with van der Waals surface area (Å²) in [7, 11) is 3.56. The van der Waals surface area contributed by atoms with Crippen LogP contribution >= 0.6 is 0 Å². The predicted molar refractivity (Wildman–Crippen MR) is 70.2 cm³/mol. The average molecular weight is 239 g/mol. The minimum absolute atomic E-state index is 0.551. The van der Waals surface area contributed by atoms with Crippen LogP contribution < -0.4 is 10.1 Å². The smallest absolute Gasteiger partial charge is 0.211 e. The molecule has 0 saturated heterocycles. The van der Waals surface area contributed by atoms with E-state index in [1.54, 1.807) is 11.8 Å². The van der Waals surface area contributed by atoms with Gasteiger partial charge in [0, 0.05) is 25.7 Å². The molecule has 0 fully saturated rings. The molecule has 1 N–H and O–H groups in total. The third kappa shape index (κ3) is 4.77. The number of nitrogens with zero attached hydrogens (tertiary/aromatic N) is 2. The van der Waals surface area contributed by atoms with Crippen molar-refractivity contribution in [3.63, 3.8) is 0 Å². The van der Waals surface area contributed by atoms with Gasteiger partial charge in [-0.3, -0.25) is 0 Å². The molecule has 0 bridgehead atoms. The number of hydrogen-bond acceptors (Lipinski definition) is 3. The van der Waals surface area contributed by atoms with Crippen molar-refractivity contribution >= 4 is 0 Å². The molecule has 0 spiro atoms. The zero-order valence-electron chi connectivity index (χ0n) is 11.5. The molecule has 0 amide bonds. The fourth-order valence-electron chi connectivity index (χ4n) is 1.87. The minimum Gasteiger partial charge on any atom is -0.481 e. The molecule has 0 aliphatic rings. The Morgan fingerprint density at radius 3 is 2.82 bits per heavy atom. The zero-order chi connectivity index (χ0) is 12.7. The highest BCUT2D eigenvalue weighted by molar-refractivity contribution is 5.15. The zero-order valence-corrected chi connectivity index (χ0v) is 11.5. The Hall–Kier alpha value is -1.03. The second-order valence-electron chi connectivity index (χ2n) is 4.58. The number of rotatable bonds is 8. The van der Waals surface area contributed by atoms with Crippen LogP contribution in [0.3, 0.4) is 0 Å². The number of unbranched alkanes of at least 4 members (excludes halogenated alkanes) is 2. The van der Waals surface area contributed by atoms with E-state index in [9.17, 15) is 0 Å². The van der Waals surface area contributed by atoms with E-state index in [0.717, 1.165) is 18.1 Å². The van der Waals surface area contributed by atoms with E-state index < -0.39 is 0 Å². The van der Waals surface area contributed by atoms with E-state index in [-0.39, 0.29) is 0 Å². The average Bonchev–Trinajstić information content (AvgIpc) is 2.67. The quantitative estimate of drug-likeness (QED) is 0.708. The summed E-state index contributed by atoms with van der Waals surface area (Å²) in [6.45, 7) is 5.28. The van der Waals surface area contributed by atoms with Crippen LogP contribution in [0, 0.1) is 0 Å². The maximum absolute atomic E-state index is 5.18. The molecular weight excluding hydrogens is 214 g/mol. The van der Waals surface area contributed by atoms with Gasteiger partial charge in [0.15, 0.2) is 0 Å². The van der Waals surface area contributed by atoms with E-state index in [1.807, 2.05) is 13.1 Å². The Labute approximate surface area is 104 Å². The van der Waals surface area contributed by atoms with Crippen LogP contribution in [0.5, 0.6) is 5.88 Å². The molecule has 0 saturated carbocycles. The van der Waals surface area contributed by atoms with Crippen molar-refractivity contribution in [1.29, 1.82) is 0 Å². The van der Waals surface area contributed by atoms with Gasteiger partial charge in [-0.25, -0.2) is 4.68 Å². The lowest BCUT2D eigenvalue weighted by Crippen LogP contribution is -2.25. The van der Waals surface area contributed by atoms with Crippen molar-refractivity contribution in [3.05, 3.63) is 11.8 Å². The van der Waals surface area contributed by atoms with Crippen LogP contribution in [0.2, 0.25) is 0 Å². The van der Waals surface area contributed by atoms with Gasteiger partial charge in [0.25, 0.3) is 0 Å². The lowest BCUT2D eigenvalue weighted by atomic mass is 10.1. The van der Waals surface area contributed by atoms with Crippen molar-refractivity contribution in [3.8, 4) is 5.88 Å². The molecule has 0 aliphatic carbocycles. The summed E-state index contributed by atoms with van der Waals surface area (Å²) in [5, 5.41) is 7.87. The molecule has 4 heteroatoms. The summed E-state index contributed by atoms with van der Waals surface area (Å²) in [4.78, 5) is 0. The van der Waals surface area contributed by atoms with Crippen molar-refractivity contribution in [2.75, 3.05) is 7.11 Å². The third-order valence-corrected chi connectivity index (χ3v) is 2.97. The monoisotopic (exact) mass is 239 g/mol. The van der Waals surface area contributed by atoms with E-state index in [0.29, 0.717) is 6.04 Å². The number of methoxy groups -OCH3 is 1. The summed E-state index contributed by atoms with van der Waals surface area (Å²) in [5.74, 6) is 0.806. The molecule has 1 heterocycles. The molecule has 1 atom stereocenters. The van der Waals surface area contributed by atoms with Crippen molar-refractivity contribution < 1.29 is 4.74 Å². The van der Waals surface area contributed by atoms with Crippen LogP contribution in [0.1, 0.15) is 45.2 Å². The number of hydrogen-bond donors (Lipinski definition) is 1. The second kappa shape index (κ2) is 7.33. The standard InChI is InChI=1S/C13H25N3O/c1-5-6-7-8-11(2)14-10-12-9-13(17-4)16(3)15-12/h9,11,14H,5-8,10H2,1-4H3. The Balaban J connectivity index is 2.29. The lowest BCUT2D eigenvalue weighted by Gasteiger charge is -2.11. The second-order valence-corrected chi connectivity index (χ2v) is 4.58. The van der Waals surface area contributed by atoms with Crippen molar-refractivity contribution in [2.24, 2.45) is 7.05 Å². The van der Waals surface area contributed by atoms with E-state index in [1.165, 1.54) is 25.7 Å². The lowest BCUT2D eigenvalue weighted by molar-refractivity contribution is 0.373. The Bertz CT molecular complexity index is 322. The van der Waals surface area contributed by atoms with Crippen molar-refractivity contribution in [1.82, 2.24) is 15.1 Å². The summed E-state index contributed by atoms with van der Waals surface area (Å²) in [6.07, 6.45) is 5.14. The number of aromatic nitrogens is 2. The molecule has 98 valence electrons. The van der Waals surface area contributed by atoms with Crippen LogP contribution in [-0.4, -0.2) is 22.9 Å². The van der Waals surface area contributed by atoms with Crippen LogP contribution in [0.4, 0.5) is 0 Å². The van der Waals surface area contributed by atoms with Gasteiger partial charge in [0.05, 0.1) is 12.8 Å². The minimum atomic E-state index is 0.551. The van der Waals surface area contributed by atoms with Gasteiger partial charge in [-0.15, -0.1) is 0 Å². The Morgan fingerprint density at radius 2 is 2.24 bits per heavy atom. The van der Waals surface area contributed by atoms with Gasteiger partial charge < -0.3 is 10.1 Å². The highest BCUT2D eigenvalue weighted by Crippen LogP contribution is 2.11. The fourth-order valence-corrected chi connectivity index (χ4v) is 1.87. The van der Waals surface area contributed by atoms with Gasteiger partial charge >= 0.3 is 0 Å². The van der Waals surface area contributed by atoms with Crippen molar-refractivity contribution in [2.45, 2.75) is 52.1 Å². The molecule has 1 aromatic rings. The first kappa shape index (κ1) is 14.0. The number of nitrogens with one attached hydrogen (secondary N) is 1. The Kier molecular flexibility index (Phi) is 6.05. The van der Waals surface area contributed by atoms with E-state index in [4.69, 9.17) is 4.74 Å². The van der Waals surface area contributed by atoms with E-state index in [2.05, 4.69) is 24.3 Å². The maximum atomic E-state index is 5.18. The van der Waals surface area contributed by atoms with Gasteiger partial charge in [-0.2, -0.15) is 5.10 Å². The topological polar surface area (TPSA) is 39.1 Å². The number of aryl methyl sites for hydroxylation is 1.